The van der Waals surface area contributed by atoms with Crippen molar-refractivity contribution < 1.29 is 14.3 Å². The number of aliphatic hydroxyl groups is 1. The van der Waals surface area contributed by atoms with E-state index in [1.165, 1.54) is 5.57 Å². The quantitative estimate of drug-likeness (QED) is 0.621. The number of hydrogen-bond acceptors (Lipinski definition) is 3. The van der Waals surface area contributed by atoms with Gasteiger partial charge in [-0.2, -0.15) is 0 Å². The Morgan fingerprint density at radius 2 is 2.00 bits per heavy atom. The van der Waals surface area contributed by atoms with Gasteiger partial charge in [-0.25, -0.2) is 0 Å². The molecule has 4 heteroatoms. The van der Waals surface area contributed by atoms with Crippen LogP contribution in [0.4, 0.5) is 0 Å². The summed E-state index contributed by atoms with van der Waals surface area (Å²) in [5, 5.41) is 10.5. The van der Waals surface area contributed by atoms with Crippen LogP contribution in [0.1, 0.15) is 40.5 Å². The maximum atomic E-state index is 12.2. The van der Waals surface area contributed by atoms with Crippen LogP contribution in [-0.4, -0.2) is 31.9 Å². The molecular weight excluding hydrogens is 304 g/mol. The fourth-order valence-electron chi connectivity index (χ4n) is 3.39. The molecule has 130 valence electrons. The predicted octanol–water partition coefficient (Wildman–Crippen LogP) is 4.10. The van der Waals surface area contributed by atoms with Crippen LogP contribution in [0.5, 0.6) is 0 Å². The minimum absolute atomic E-state index is 0.0143. The van der Waals surface area contributed by atoms with Crippen LogP contribution >= 0.6 is 0 Å². The van der Waals surface area contributed by atoms with Gasteiger partial charge in [0.1, 0.15) is 0 Å². The molecule has 0 aromatic rings. The molecule has 2 aliphatic rings. The van der Waals surface area contributed by atoms with Crippen molar-refractivity contribution in [2.24, 2.45) is 17.8 Å². The monoisotopic (exact) mass is 336 g/mol. The Labute approximate surface area is 141 Å². The number of carbonyl (C=O) groups excluding carboxylic acids is 1. The maximum Gasteiger partial charge on any atom is 0.192 e. The summed E-state index contributed by atoms with van der Waals surface area (Å²) in [6, 6.07) is 0. The third-order valence-corrected chi connectivity index (χ3v) is 10.5. The summed E-state index contributed by atoms with van der Waals surface area (Å²) in [7, 11) is -1.78. The molecule has 0 saturated heterocycles. The van der Waals surface area contributed by atoms with Crippen LogP contribution in [0.25, 0.3) is 0 Å². The number of carbonyl (C=O) groups is 1. The molecule has 0 spiro atoms. The number of rotatable bonds is 4. The molecule has 0 unspecified atom stereocenters. The van der Waals surface area contributed by atoms with Crippen LogP contribution in [0.15, 0.2) is 23.8 Å². The molecule has 0 saturated carbocycles. The van der Waals surface area contributed by atoms with Gasteiger partial charge in [0.15, 0.2) is 14.1 Å². The number of allylic oxidation sites excluding steroid dienone is 2. The van der Waals surface area contributed by atoms with Gasteiger partial charge >= 0.3 is 0 Å². The van der Waals surface area contributed by atoms with Crippen molar-refractivity contribution in [1.82, 2.24) is 0 Å². The van der Waals surface area contributed by atoms with Crippen LogP contribution in [0.2, 0.25) is 18.1 Å². The molecule has 0 aromatic heterocycles. The van der Waals surface area contributed by atoms with Gasteiger partial charge in [-0.05, 0) is 48.5 Å². The molecule has 0 bridgehead atoms. The van der Waals surface area contributed by atoms with Crippen LogP contribution < -0.4 is 0 Å². The fraction of sp³-hybridized carbons (Fsp3) is 0.737. The lowest BCUT2D eigenvalue weighted by atomic mass is 9.66. The number of ketones is 1. The van der Waals surface area contributed by atoms with Crippen molar-refractivity contribution in [3.8, 4) is 0 Å². The SMILES string of the molecule is CC[C@H]1C=C(CO[Si](C)(C)C(C)(C)C)C[C@@H]2[C@H]1C(=O)C=C[C@@H]2O. The molecule has 0 aliphatic heterocycles. The predicted molar refractivity (Wildman–Crippen MR) is 96.8 cm³/mol. The van der Waals surface area contributed by atoms with Gasteiger partial charge in [0.05, 0.1) is 12.7 Å². The third-order valence-electron chi connectivity index (χ3n) is 5.99. The van der Waals surface area contributed by atoms with E-state index in [4.69, 9.17) is 4.43 Å². The summed E-state index contributed by atoms with van der Waals surface area (Å²) in [5.74, 6) is 0.351. The van der Waals surface area contributed by atoms with E-state index in [0.29, 0.717) is 6.61 Å². The van der Waals surface area contributed by atoms with Gasteiger partial charge in [0.25, 0.3) is 0 Å². The van der Waals surface area contributed by atoms with Gasteiger partial charge in [0, 0.05) is 11.8 Å². The van der Waals surface area contributed by atoms with Crippen LogP contribution in [-0.2, 0) is 9.22 Å². The van der Waals surface area contributed by atoms with E-state index in [1.54, 1.807) is 12.2 Å². The molecule has 3 nitrogen and oxygen atoms in total. The molecule has 0 radical (unpaired) electrons. The van der Waals surface area contributed by atoms with Crippen molar-refractivity contribution in [3.63, 3.8) is 0 Å². The second kappa shape index (κ2) is 6.65. The summed E-state index contributed by atoms with van der Waals surface area (Å²) < 4.78 is 6.35. The first-order valence-electron chi connectivity index (χ1n) is 8.80. The highest BCUT2D eigenvalue weighted by atomic mass is 28.4. The van der Waals surface area contributed by atoms with Gasteiger partial charge in [-0.3, -0.25) is 4.79 Å². The first-order valence-corrected chi connectivity index (χ1v) is 11.7. The maximum absolute atomic E-state index is 12.2. The average molecular weight is 337 g/mol. The largest absolute Gasteiger partial charge is 0.413 e. The molecule has 1 N–H and O–H groups in total. The first-order chi connectivity index (χ1) is 10.6. The van der Waals surface area contributed by atoms with Crippen molar-refractivity contribution in [2.45, 2.75) is 64.8 Å². The van der Waals surface area contributed by atoms with Crippen molar-refractivity contribution in [1.29, 1.82) is 0 Å². The Hall–Kier alpha value is -0.713. The molecule has 0 heterocycles. The van der Waals surface area contributed by atoms with E-state index < -0.39 is 14.4 Å². The third kappa shape index (κ3) is 3.86. The lowest BCUT2D eigenvalue weighted by molar-refractivity contribution is -0.124. The zero-order valence-electron chi connectivity index (χ0n) is 15.4. The van der Waals surface area contributed by atoms with Gasteiger partial charge in [-0.1, -0.05) is 39.8 Å². The Morgan fingerprint density at radius 3 is 2.57 bits per heavy atom. The van der Waals surface area contributed by atoms with Gasteiger partial charge in [0.2, 0.25) is 0 Å². The Kier molecular flexibility index (Phi) is 5.39. The summed E-state index contributed by atoms with van der Waals surface area (Å²) in [6.07, 6.45) is 6.67. The lowest BCUT2D eigenvalue weighted by Gasteiger charge is -2.41. The molecule has 2 aliphatic carbocycles. The van der Waals surface area contributed by atoms with E-state index in [2.05, 4.69) is 46.9 Å². The van der Waals surface area contributed by atoms with Crippen LogP contribution in [0, 0.1) is 17.8 Å². The standard InChI is InChI=1S/C19H32O3Si/c1-7-14-10-13(12-22-23(5,6)19(2,3)4)11-15-16(20)8-9-17(21)18(14)15/h8-10,14-16,18,20H,7,11-12H2,1-6H3/t14-,15-,16-,18-/m0/s1. The van der Waals surface area contributed by atoms with Crippen molar-refractivity contribution in [3.05, 3.63) is 23.8 Å². The molecule has 0 fully saturated rings. The zero-order valence-corrected chi connectivity index (χ0v) is 16.4. The van der Waals surface area contributed by atoms with Crippen molar-refractivity contribution >= 4 is 14.1 Å². The Balaban J connectivity index is 2.14. The van der Waals surface area contributed by atoms with E-state index in [-0.39, 0.29) is 28.6 Å². The number of aliphatic hydroxyl groups excluding tert-OH is 1. The van der Waals surface area contributed by atoms with E-state index in [0.717, 1.165) is 12.8 Å². The highest BCUT2D eigenvalue weighted by Gasteiger charge is 2.42. The normalized spacial score (nSPS) is 31.8. The van der Waals surface area contributed by atoms with E-state index in [9.17, 15) is 9.90 Å². The molecule has 4 atom stereocenters. The summed E-state index contributed by atoms with van der Waals surface area (Å²) in [4.78, 5) is 12.2. The highest BCUT2D eigenvalue weighted by Crippen LogP contribution is 2.42. The summed E-state index contributed by atoms with van der Waals surface area (Å²) in [5.41, 5.74) is 1.25. The fourth-order valence-corrected chi connectivity index (χ4v) is 4.37. The minimum atomic E-state index is -1.78. The topological polar surface area (TPSA) is 46.5 Å². The Morgan fingerprint density at radius 1 is 1.35 bits per heavy atom. The first kappa shape index (κ1) is 18.6. The summed E-state index contributed by atoms with van der Waals surface area (Å²) in [6.45, 7) is 14.0. The Bertz CT molecular complexity index is 513. The average Bonchev–Trinajstić information content (AvgIpc) is 2.47. The highest BCUT2D eigenvalue weighted by molar-refractivity contribution is 6.74. The van der Waals surface area contributed by atoms with E-state index in [1.807, 2.05) is 0 Å². The molecular formula is C19H32O3Si. The number of hydrogen-bond donors (Lipinski definition) is 1. The number of fused-ring (bicyclic) bond motifs is 1. The second-order valence-corrected chi connectivity index (χ2v) is 13.4. The minimum Gasteiger partial charge on any atom is -0.413 e. The molecule has 0 amide bonds. The van der Waals surface area contributed by atoms with Gasteiger partial charge in [-0.15, -0.1) is 0 Å². The second-order valence-electron chi connectivity index (χ2n) is 8.59. The van der Waals surface area contributed by atoms with Gasteiger partial charge < -0.3 is 9.53 Å². The smallest absolute Gasteiger partial charge is 0.192 e. The summed E-state index contributed by atoms with van der Waals surface area (Å²) >= 11 is 0. The van der Waals surface area contributed by atoms with Crippen LogP contribution in [0.3, 0.4) is 0 Å². The molecule has 0 aromatic carbocycles. The van der Waals surface area contributed by atoms with E-state index >= 15 is 0 Å². The molecule has 23 heavy (non-hydrogen) atoms. The molecule has 2 rings (SSSR count). The van der Waals surface area contributed by atoms with Crippen molar-refractivity contribution in [2.75, 3.05) is 6.61 Å². The lowest BCUT2D eigenvalue weighted by Crippen LogP contribution is -2.44. The zero-order chi connectivity index (χ0) is 17.4.